The van der Waals surface area contributed by atoms with E-state index in [0.717, 1.165) is 21.5 Å². The van der Waals surface area contributed by atoms with E-state index in [0.29, 0.717) is 13.2 Å². The van der Waals surface area contributed by atoms with Crippen molar-refractivity contribution in [3.05, 3.63) is 58.1 Å². The molecule has 1 aliphatic rings. The fraction of sp³-hybridized carbons (Fsp3) is 0.294. The molecule has 1 aliphatic heterocycles. The lowest BCUT2D eigenvalue weighted by atomic mass is 10.0. The first-order chi connectivity index (χ1) is 10.1. The first-order valence-corrected chi connectivity index (χ1v) is 7.84. The number of benzene rings is 2. The van der Waals surface area contributed by atoms with Crippen LogP contribution >= 0.6 is 15.9 Å². The average molecular weight is 348 g/mol. The van der Waals surface area contributed by atoms with Crippen molar-refractivity contribution in [3.8, 4) is 11.5 Å². The van der Waals surface area contributed by atoms with Gasteiger partial charge in [-0.05, 0) is 25.1 Å². The molecule has 0 saturated carbocycles. The van der Waals surface area contributed by atoms with E-state index in [1.807, 2.05) is 43.3 Å². The molecule has 2 N–H and O–H groups in total. The van der Waals surface area contributed by atoms with Gasteiger partial charge in [0.1, 0.15) is 11.5 Å². The summed E-state index contributed by atoms with van der Waals surface area (Å²) in [6, 6.07) is 14.0. The zero-order valence-electron chi connectivity index (χ0n) is 11.9. The average Bonchev–Trinajstić information content (AvgIpc) is 2.88. The maximum atomic E-state index is 6.03. The lowest BCUT2D eigenvalue weighted by Gasteiger charge is -2.16. The molecule has 2 atom stereocenters. The Kier molecular flexibility index (Phi) is 4.17. The third kappa shape index (κ3) is 3.06. The first-order valence-electron chi connectivity index (χ1n) is 7.04. The van der Waals surface area contributed by atoms with Crippen molar-refractivity contribution >= 4 is 15.9 Å². The van der Waals surface area contributed by atoms with Gasteiger partial charge in [0.05, 0.1) is 19.1 Å². The molecule has 0 spiro atoms. The highest BCUT2D eigenvalue weighted by Gasteiger charge is 2.24. The molecule has 0 fully saturated rings. The highest BCUT2D eigenvalue weighted by molar-refractivity contribution is 9.10. The van der Waals surface area contributed by atoms with Crippen molar-refractivity contribution < 1.29 is 9.47 Å². The second-order valence-corrected chi connectivity index (χ2v) is 6.24. The van der Waals surface area contributed by atoms with Gasteiger partial charge in [-0.15, -0.1) is 0 Å². The number of nitrogens with two attached hydrogens (primary N) is 1. The topological polar surface area (TPSA) is 44.5 Å². The Bertz CT molecular complexity index is 642. The zero-order valence-corrected chi connectivity index (χ0v) is 13.5. The Balaban J connectivity index is 1.76. The second-order valence-electron chi connectivity index (χ2n) is 5.33. The molecule has 0 bridgehead atoms. The van der Waals surface area contributed by atoms with Crippen molar-refractivity contribution in [2.75, 3.05) is 13.2 Å². The largest absolute Gasteiger partial charge is 0.493 e. The van der Waals surface area contributed by atoms with E-state index in [-0.39, 0.29) is 12.0 Å². The van der Waals surface area contributed by atoms with E-state index < -0.39 is 0 Å². The Morgan fingerprint density at radius 3 is 2.95 bits per heavy atom. The molecule has 2 aromatic carbocycles. The number of fused-ring (bicyclic) bond motifs is 1. The summed E-state index contributed by atoms with van der Waals surface area (Å²) < 4.78 is 12.7. The second kappa shape index (κ2) is 6.08. The number of rotatable bonds is 4. The molecule has 4 heteroatoms. The fourth-order valence-corrected chi connectivity index (χ4v) is 2.91. The number of ether oxygens (including phenoxy) is 2. The molecule has 3 nitrogen and oxygen atoms in total. The van der Waals surface area contributed by atoms with Crippen LogP contribution in [0, 0.1) is 0 Å². The summed E-state index contributed by atoms with van der Waals surface area (Å²) in [7, 11) is 0. The van der Waals surface area contributed by atoms with Crippen molar-refractivity contribution in [2.24, 2.45) is 5.73 Å². The van der Waals surface area contributed by atoms with E-state index in [4.69, 9.17) is 15.2 Å². The molecule has 0 aromatic heterocycles. The molecule has 110 valence electrons. The van der Waals surface area contributed by atoms with Crippen LogP contribution in [0.25, 0.3) is 0 Å². The lowest BCUT2D eigenvalue weighted by Crippen LogP contribution is -2.14. The molecule has 0 amide bonds. The van der Waals surface area contributed by atoms with Gasteiger partial charge in [0, 0.05) is 21.6 Å². The minimum absolute atomic E-state index is 0.0554. The number of hydrogen-bond donors (Lipinski definition) is 1. The molecule has 1 heterocycles. The van der Waals surface area contributed by atoms with Crippen LogP contribution in [0.1, 0.15) is 30.0 Å². The van der Waals surface area contributed by atoms with E-state index in [1.54, 1.807) is 0 Å². The van der Waals surface area contributed by atoms with Crippen molar-refractivity contribution in [1.82, 2.24) is 0 Å². The van der Waals surface area contributed by atoms with Gasteiger partial charge < -0.3 is 15.2 Å². The van der Waals surface area contributed by atoms with E-state index in [2.05, 4.69) is 22.0 Å². The van der Waals surface area contributed by atoms with Crippen molar-refractivity contribution in [3.63, 3.8) is 0 Å². The third-order valence-corrected chi connectivity index (χ3v) is 4.20. The standard InChI is InChI=1S/C17H18BrNO2/c1-11(19)14-7-6-13(18)8-17(14)21-10-12-9-20-16-5-3-2-4-15(12)16/h2-8,11-12H,9-10,19H2,1H3/t11-,12?/m1/s1. The Hall–Kier alpha value is -1.52. The third-order valence-electron chi connectivity index (χ3n) is 3.71. The molecule has 0 saturated heterocycles. The summed E-state index contributed by atoms with van der Waals surface area (Å²) in [4.78, 5) is 0. The number of para-hydroxylation sites is 1. The Morgan fingerprint density at radius 2 is 2.14 bits per heavy atom. The van der Waals surface area contributed by atoms with Crippen LogP contribution in [0.4, 0.5) is 0 Å². The van der Waals surface area contributed by atoms with Crippen LogP contribution < -0.4 is 15.2 Å². The SMILES string of the molecule is C[C@@H](N)c1ccc(Br)cc1OCC1COc2ccccc21. The molecule has 3 rings (SSSR count). The highest BCUT2D eigenvalue weighted by atomic mass is 79.9. The lowest BCUT2D eigenvalue weighted by molar-refractivity contribution is 0.246. The van der Waals surface area contributed by atoms with Gasteiger partial charge in [-0.3, -0.25) is 0 Å². The minimum atomic E-state index is -0.0554. The van der Waals surface area contributed by atoms with Gasteiger partial charge in [0.2, 0.25) is 0 Å². The van der Waals surface area contributed by atoms with Gasteiger partial charge in [0.15, 0.2) is 0 Å². The van der Waals surface area contributed by atoms with Gasteiger partial charge in [-0.1, -0.05) is 40.2 Å². The molecule has 21 heavy (non-hydrogen) atoms. The molecule has 0 radical (unpaired) electrons. The zero-order chi connectivity index (χ0) is 14.8. The predicted molar refractivity (Wildman–Crippen MR) is 86.9 cm³/mol. The van der Waals surface area contributed by atoms with Crippen molar-refractivity contribution in [1.29, 1.82) is 0 Å². The number of halogens is 1. The summed E-state index contributed by atoms with van der Waals surface area (Å²) in [5, 5.41) is 0. The van der Waals surface area contributed by atoms with Crippen LogP contribution in [0.2, 0.25) is 0 Å². The maximum Gasteiger partial charge on any atom is 0.125 e. The summed E-state index contributed by atoms with van der Waals surface area (Å²) in [5.74, 6) is 2.07. The molecule has 2 aromatic rings. The summed E-state index contributed by atoms with van der Waals surface area (Å²) in [6.45, 7) is 3.22. The van der Waals surface area contributed by atoms with Crippen LogP contribution in [0.3, 0.4) is 0 Å². The summed E-state index contributed by atoms with van der Waals surface area (Å²) in [6.07, 6.45) is 0. The molecular formula is C17H18BrNO2. The fourth-order valence-electron chi connectivity index (χ4n) is 2.57. The highest BCUT2D eigenvalue weighted by Crippen LogP contribution is 2.35. The first kappa shape index (κ1) is 14.4. The van der Waals surface area contributed by atoms with Gasteiger partial charge in [0.25, 0.3) is 0 Å². The quantitative estimate of drug-likeness (QED) is 0.908. The van der Waals surface area contributed by atoms with E-state index >= 15 is 0 Å². The molecular weight excluding hydrogens is 330 g/mol. The van der Waals surface area contributed by atoms with Crippen molar-refractivity contribution in [2.45, 2.75) is 18.9 Å². The minimum Gasteiger partial charge on any atom is -0.493 e. The Labute approximate surface area is 133 Å². The Morgan fingerprint density at radius 1 is 1.33 bits per heavy atom. The maximum absolute atomic E-state index is 6.03. The smallest absolute Gasteiger partial charge is 0.125 e. The molecule has 1 unspecified atom stereocenters. The van der Waals surface area contributed by atoms with Gasteiger partial charge in [-0.25, -0.2) is 0 Å². The van der Waals surface area contributed by atoms with Crippen LogP contribution in [-0.4, -0.2) is 13.2 Å². The summed E-state index contributed by atoms with van der Waals surface area (Å²) >= 11 is 3.48. The van der Waals surface area contributed by atoms with Crippen LogP contribution in [0.5, 0.6) is 11.5 Å². The summed E-state index contributed by atoms with van der Waals surface area (Å²) in [5.41, 5.74) is 8.24. The van der Waals surface area contributed by atoms with E-state index in [9.17, 15) is 0 Å². The van der Waals surface area contributed by atoms with Crippen LogP contribution in [-0.2, 0) is 0 Å². The monoisotopic (exact) mass is 347 g/mol. The molecule has 0 aliphatic carbocycles. The van der Waals surface area contributed by atoms with Gasteiger partial charge >= 0.3 is 0 Å². The normalized spacial score (nSPS) is 18.0. The number of hydrogen-bond acceptors (Lipinski definition) is 3. The van der Waals surface area contributed by atoms with Crippen LogP contribution in [0.15, 0.2) is 46.9 Å². The van der Waals surface area contributed by atoms with Gasteiger partial charge in [-0.2, -0.15) is 0 Å². The van der Waals surface area contributed by atoms with E-state index in [1.165, 1.54) is 5.56 Å². The predicted octanol–water partition coefficient (Wildman–Crippen LogP) is 4.02.